The summed E-state index contributed by atoms with van der Waals surface area (Å²) in [7, 11) is 0. The summed E-state index contributed by atoms with van der Waals surface area (Å²) < 4.78 is 0.782. The quantitative estimate of drug-likeness (QED) is 0.586. The fourth-order valence-electron chi connectivity index (χ4n) is 2.81. The molecule has 0 saturated carbocycles. The first-order chi connectivity index (χ1) is 10.2. The number of hydrogen-bond donors (Lipinski definition) is 1. The highest BCUT2D eigenvalue weighted by Crippen LogP contribution is 2.36. The number of rotatable bonds is 1. The Morgan fingerprint density at radius 2 is 1.62 bits per heavy atom. The largest absolute Gasteiger partial charge is 0.391 e. The molecule has 3 aromatic rings. The van der Waals surface area contributed by atoms with Crippen LogP contribution in [0.2, 0.25) is 0 Å². The van der Waals surface area contributed by atoms with Gasteiger partial charge in [0.1, 0.15) is 0 Å². The monoisotopic (exact) mass is 294 g/mol. The molecule has 0 bridgehead atoms. The van der Waals surface area contributed by atoms with Gasteiger partial charge in [-0.05, 0) is 17.5 Å². The zero-order valence-electron chi connectivity index (χ0n) is 10.9. The van der Waals surface area contributed by atoms with E-state index in [1.807, 2.05) is 12.1 Å². The van der Waals surface area contributed by atoms with E-state index in [2.05, 4.69) is 0 Å². The van der Waals surface area contributed by atoms with Gasteiger partial charge in [0.05, 0.1) is 12.2 Å². The minimum atomic E-state index is -0.114. The normalized spacial score (nSPS) is 13.4. The van der Waals surface area contributed by atoms with Gasteiger partial charge in [0.25, 0.3) is 0 Å². The molecule has 1 heterocycles. The number of ketones is 2. The van der Waals surface area contributed by atoms with E-state index < -0.39 is 0 Å². The summed E-state index contributed by atoms with van der Waals surface area (Å²) in [6.45, 7) is -0.0627. The Balaban J connectivity index is 2.08. The molecule has 1 N–H and O–H groups in total. The third-order valence-corrected chi connectivity index (χ3v) is 4.93. The third-order valence-electron chi connectivity index (χ3n) is 3.78. The second-order valence-electron chi connectivity index (χ2n) is 4.98. The van der Waals surface area contributed by atoms with Gasteiger partial charge in [-0.3, -0.25) is 9.59 Å². The van der Waals surface area contributed by atoms with E-state index in [9.17, 15) is 14.7 Å². The Hall–Kier alpha value is -2.30. The Bertz CT molecular complexity index is 921. The molecule has 0 fully saturated rings. The van der Waals surface area contributed by atoms with Crippen LogP contribution in [-0.4, -0.2) is 16.7 Å². The SMILES string of the molecule is O=C1c2ccccc2C(=O)c2c1ccc1cc(CO)sc21. The Kier molecular flexibility index (Phi) is 2.58. The van der Waals surface area contributed by atoms with E-state index in [0.29, 0.717) is 22.3 Å². The van der Waals surface area contributed by atoms with Crippen LogP contribution in [0.4, 0.5) is 0 Å². The summed E-state index contributed by atoms with van der Waals surface area (Å²) in [5.74, 6) is -0.224. The lowest BCUT2D eigenvalue weighted by molar-refractivity contribution is 0.0980. The van der Waals surface area contributed by atoms with Crippen LogP contribution in [0.5, 0.6) is 0 Å². The van der Waals surface area contributed by atoms with E-state index >= 15 is 0 Å². The molecule has 0 unspecified atom stereocenters. The highest BCUT2D eigenvalue weighted by molar-refractivity contribution is 7.19. The Morgan fingerprint density at radius 1 is 0.905 bits per heavy atom. The van der Waals surface area contributed by atoms with Crippen LogP contribution in [0.3, 0.4) is 0 Å². The van der Waals surface area contributed by atoms with Gasteiger partial charge in [0.15, 0.2) is 11.6 Å². The number of carbonyl (C=O) groups is 2. The molecule has 0 radical (unpaired) electrons. The summed E-state index contributed by atoms with van der Waals surface area (Å²) >= 11 is 1.37. The molecule has 2 aromatic carbocycles. The molecular weight excluding hydrogens is 284 g/mol. The zero-order chi connectivity index (χ0) is 14.6. The Labute approximate surface area is 124 Å². The summed E-state index contributed by atoms with van der Waals surface area (Å²) in [6, 6.07) is 12.3. The highest BCUT2D eigenvalue weighted by Gasteiger charge is 2.31. The number of aliphatic hydroxyl groups is 1. The zero-order valence-corrected chi connectivity index (χ0v) is 11.7. The van der Waals surface area contributed by atoms with E-state index in [1.54, 1.807) is 30.3 Å². The van der Waals surface area contributed by atoms with Crippen LogP contribution >= 0.6 is 11.3 Å². The van der Waals surface area contributed by atoms with Crippen molar-refractivity contribution in [3.05, 3.63) is 69.6 Å². The van der Waals surface area contributed by atoms with Gasteiger partial charge in [0, 0.05) is 26.3 Å². The molecule has 0 aliphatic heterocycles. The third kappa shape index (κ3) is 1.63. The molecule has 4 rings (SSSR count). The van der Waals surface area contributed by atoms with Crippen molar-refractivity contribution in [2.24, 2.45) is 0 Å². The van der Waals surface area contributed by atoms with Crippen LogP contribution in [0.1, 0.15) is 36.7 Å². The second kappa shape index (κ2) is 4.35. The number of thiophene rings is 1. The summed E-state index contributed by atoms with van der Waals surface area (Å²) in [5, 5.41) is 10.2. The van der Waals surface area contributed by atoms with Gasteiger partial charge in [-0.2, -0.15) is 0 Å². The van der Waals surface area contributed by atoms with Crippen molar-refractivity contribution in [3.63, 3.8) is 0 Å². The number of hydrogen-bond acceptors (Lipinski definition) is 4. The first-order valence-electron chi connectivity index (χ1n) is 6.55. The predicted octanol–water partition coefficient (Wildman–Crippen LogP) is 3.17. The topological polar surface area (TPSA) is 54.4 Å². The van der Waals surface area contributed by atoms with Crippen molar-refractivity contribution in [2.75, 3.05) is 0 Å². The predicted molar refractivity (Wildman–Crippen MR) is 81.1 cm³/mol. The maximum Gasteiger partial charge on any atom is 0.195 e. The van der Waals surface area contributed by atoms with Crippen LogP contribution in [0.15, 0.2) is 42.5 Å². The van der Waals surface area contributed by atoms with Gasteiger partial charge in [-0.15, -0.1) is 11.3 Å². The van der Waals surface area contributed by atoms with E-state index in [0.717, 1.165) is 15.0 Å². The van der Waals surface area contributed by atoms with Crippen molar-refractivity contribution in [1.82, 2.24) is 0 Å². The average Bonchev–Trinajstić information content (AvgIpc) is 2.95. The number of aliphatic hydroxyl groups excluding tert-OH is 1. The molecule has 3 nitrogen and oxygen atoms in total. The second-order valence-corrected chi connectivity index (χ2v) is 6.12. The van der Waals surface area contributed by atoms with Crippen LogP contribution in [-0.2, 0) is 6.61 Å². The summed E-state index contributed by atoms with van der Waals surface area (Å²) in [6.07, 6.45) is 0. The lowest BCUT2D eigenvalue weighted by Gasteiger charge is -2.17. The molecule has 1 aromatic heterocycles. The molecular formula is C17H10O3S. The van der Waals surface area contributed by atoms with Gasteiger partial charge < -0.3 is 5.11 Å². The maximum absolute atomic E-state index is 12.8. The van der Waals surface area contributed by atoms with Crippen LogP contribution in [0.25, 0.3) is 10.1 Å². The Morgan fingerprint density at radius 3 is 2.33 bits per heavy atom. The van der Waals surface area contributed by atoms with Gasteiger partial charge >= 0.3 is 0 Å². The summed E-state index contributed by atoms with van der Waals surface area (Å²) in [5.41, 5.74) is 1.85. The van der Waals surface area contributed by atoms with Crippen molar-refractivity contribution < 1.29 is 14.7 Å². The fourth-order valence-corrected chi connectivity index (χ4v) is 3.87. The molecule has 0 saturated heterocycles. The van der Waals surface area contributed by atoms with Gasteiger partial charge in [0.2, 0.25) is 0 Å². The van der Waals surface area contributed by atoms with Crippen LogP contribution in [0, 0.1) is 0 Å². The molecule has 1 aliphatic carbocycles. The van der Waals surface area contributed by atoms with E-state index in [1.165, 1.54) is 11.3 Å². The van der Waals surface area contributed by atoms with Crippen molar-refractivity contribution in [2.45, 2.75) is 6.61 Å². The fraction of sp³-hybridized carbons (Fsp3) is 0.0588. The molecule has 4 heteroatoms. The lowest BCUT2D eigenvalue weighted by atomic mass is 9.83. The average molecular weight is 294 g/mol. The number of benzene rings is 2. The smallest absolute Gasteiger partial charge is 0.195 e. The number of carbonyl (C=O) groups excluding carboxylic acids is 2. The molecule has 102 valence electrons. The van der Waals surface area contributed by atoms with Gasteiger partial charge in [-0.1, -0.05) is 30.3 Å². The minimum Gasteiger partial charge on any atom is -0.391 e. The molecule has 0 amide bonds. The van der Waals surface area contributed by atoms with Crippen molar-refractivity contribution in [1.29, 1.82) is 0 Å². The minimum absolute atomic E-state index is 0.0627. The van der Waals surface area contributed by atoms with Gasteiger partial charge in [-0.25, -0.2) is 0 Å². The molecule has 21 heavy (non-hydrogen) atoms. The van der Waals surface area contributed by atoms with Crippen molar-refractivity contribution >= 4 is 33.0 Å². The maximum atomic E-state index is 12.8. The molecule has 0 spiro atoms. The number of fused-ring (bicyclic) bond motifs is 4. The lowest BCUT2D eigenvalue weighted by Crippen LogP contribution is -2.20. The summed E-state index contributed by atoms with van der Waals surface area (Å²) in [4.78, 5) is 26.1. The van der Waals surface area contributed by atoms with E-state index in [-0.39, 0.29) is 18.2 Å². The standard InChI is InChI=1S/C17H10O3S/c18-8-10-7-9-5-6-13-14(17(9)21-10)16(20)12-4-2-1-3-11(12)15(13)19/h1-7,18H,8H2. The first-order valence-corrected chi connectivity index (χ1v) is 7.37. The van der Waals surface area contributed by atoms with E-state index in [4.69, 9.17) is 0 Å². The molecule has 0 atom stereocenters. The van der Waals surface area contributed by atoms with Crippen molar-refractivity contribution in [3.8, 4) is 0 Å². The highest BCUT2D eigenvalue weighted by atomic mass is 32.1. The molecule has 1 aliphatic rings. The van der Waals surface area contributed by atoms with Crippen LogP contribution < -0.4 is 0 Å². The first kappa shape index (κ1) is 12.4.